The van der Waals surface area contributed by atoms with Crippen molar-refractivity contribution < 1.29 is 5.11 Å². The van der Waals surface area contributed by atoms with Gasteiger partial charge >= 0.3 is 0 Å². The molecule has 0 bridgehead atoms. The van der Waals surface area contributed by atoms with E-state index in [2.05, 4.69) is 79.8 Å². The maximum atomic E-state index is 10.8. The van der Waals surface area contributed by atoms with Gasteiger partial charge in [0.2, 0.25) is 0 Å². The summed E-state index contributed by atoms with van der Waals surface area (Å²) in [7, 11) is 0. The Morgan fingerprint density at radius 1 is 0.682 bits per heavy atom. The molecule has 10 atom stereocenters. The molecule has 44 heavy (non-hydrogen) atoms. The number of hydrogen-bond acceptors (Lipinski definition) is 1. The summed E-state index contributed by atoms with van der Waals surface area (Å²) >= 11 is 0. The van der Waals surface area contributed by atoms with Gasteiger partial charge < -0.3 is 5.11 Å². The van der Waals surface area contributed by atoms with Crippen molar-refractivity contribution in [1.29, 1.82) is 0 Å². The number of aliphatic hydroxyl groups excluding tert-OH is 1. The zero-order chi connectivity index (χ0) is 29.6. The van der Waals surface area contributed by atoms with Crippen LogP contribution in [0.1, 0.15) is 96.8 Å². The molecule has 8 rings (SSSR count). The molecule has 0 spiro atoms. The Morgan fingerprint density at radius 2 is 1.52 bits per heavy atom. The SMILES string of the molecule is CC1C(C2=CCC(C3=C4CCC=CC4C(C4=CC5C=CCCC5C=C4)C4CCCCC34)C=C2)C=CCC1C1=C(O)CCCC1. The fourth-order valence-corrected chi connectivity index (χ4v) is 11.2. The van der Waals surface area contributed by atoms with Gasteiger partial charge in [-0.3, -0.25) is 0 Å². The third-order valence-corrected chi connectivity index (χ3v) is 13.4. The van der Waals surface area contributed by atoms with Gasteiger partial charge in [0.25, 0.3) is 0 Å². The molecule has 10 unspecified atom stereocenters. The van der Waals surface area contributed by atoms with Crippen molar-refractivity contribution in [2.45, 2.75) is 96.8 Å². The van der Waals surface area contributed by atoms with Crippen LogP contribution in [0.5, 0.6) is 0 Å². The van der Waals surface area contributed by atoms with Gasteiger partial charge in [-0.1, -0.05) is 104 Å². The minimum atomic E-state index is 0.469. The Labute approximate surface area is 267 Å². The summed E-state index contributed by atoms with van der Waals surface area (Å²) in [5.41, 5.74) is 8.25. The van der Waals surface area contributed by atoms with Gasteiger partial charge in [-0.25, -0.2) is 0 Å². The lowest BCUT2D eigenvalue weighted by Gasteiger charge is -2.51. The van der Waals surface area contributed by atoms with Crippen LogP contribution in [0.3, 0.4) is 0 Å². The smallest absolute Gasteiger partial charge is 0.0917 e. The molecule has 8 aliphatic rings. The quantitative estimate of drug-likeness (QED) is 0.325. The van der Waals surface area contributed by atoms with Crippen LogP contribution in [0.4, 0.5) is 0 Å². The van der Waals surface area contributed by atoms with Crippen molar-refractivity contribution >= 4 is 0 Å². The van der Waals surface area contributed by atoms with Crippen LogP contribution in [0.25, 0.3) is 0 Å². The van der Waals surface area contributed by atoms with Crippen LogP contribution in [0.15, 0.2) is 107 Å². The van der Waals surface area contributed by atoms with Crippen molar-refractivity contribution in [3.8, 4) is 0 Å². The molecule has 0 aromatic heterocycles. The van der Waals surface area contributed by atoms with Crippen molar-refractivity contribution in [3.63, 3.8) is 0 Å². The van der Waals surface area contributed by atoms with Crippen LogP contribution >= 0.6 is 0 Å². The fraction of sp³-hybridized carbons (Fsp3) is 0.581. The first-order valence-corrected chi connectivity index (χ1v) is 18.6. The van der Waals surface area contributed by atoms with Crippen LogP contribution in [-0.2, 0) is 0 Å². The molecule has 1 nitrogen and oxygen atoms in total. The standard InChI is InChI=1S/C43H54O/c1-28-34(18-10-19-35(28)36-13-8-9-20-41(36)44)30-22-24-31(25-23-30)42-37-14-4-6-16-39(37)43(40-17-7-5-15-38(40)42)33-26-21-29-11-2-3-12-32(29)27-33/h3,6,10,12,16,18,21-24,26-29,31-32,34-35,38-40,43-44H,2,4-5,7-9,11,13-15,17,19-20,25H2,1H3. The third kappa shape index (κ3) is 5.15. The molecule has 0 radical (unpaired) electrons. The second-order valence-electron chi connectivity index (χ2n) is 15.6. The van der Waals surface area contributed by atoms with E-state index in [9.17, 15) is 5.11 Å². The second-order valence-corrected chi connectivity index (χ2v) is 15.6. The number of hydrogen-bond donors (Lipinski definition) is 1. The molecule has 8 aliphatic carbocycles. The monoisotopic (exact) mass is 586 g/mol. The maximum Gasteiger partial charge on any atom is 0.0917 e. The molecule has 0 saturated heterocycles. The first-order chi connectivity index (χ1) is 21.7. The maximum absolute atomic E-state index is 10.8. The van der Waals surface area contributed by atoms with Gasteiger partial charge in [-0.2, -0.15) is 0 Å². The van der Waals surface area contributed by atoms with Crippen molar-refractivity contribution in [1.82, 2.24) is 0 Å². The van der Waals surface area contributed by atoms with Gasteiger partial charge in [0.15, 0.2) is 0 Å². The van der Waals surface area contributed by atoms with Gasteiger partial charge in [0, 0.05) is 30.1 Å². The Kier molecular flexibility index (Phi) is 8.10. The Morgan fingerprint density at radius 3 is 2.41 bits per heavy atom. The highest BCUT2D eigenvalue weighted by atomic mass is 16.3. The fourth-order valence-electron chi connectivity index (χ4n) is 11.2. The van der Waals surface area contributed by atoms with E-state index >= 15 is 0 Å². The van der Waals surface area contributed by atoms with E-state index in [0.29, 0.717) is 47.2 Å². The highest BCUT2D eigenvalue weighted by molar-refractivity contribution is 5.44. The molecule has 0 aromatic rings. The van der Waals surface area contributed by atoms with Crippen molar-refractivity contribution in [2.75, 3.05) is 0 Å². The minimum Gasteiger partial charge on any atom is -0.512 e. The van der Waals surface area contributed by atoms with E-state index in [0.717, 1.165) is 43.4 Å². The molecule has 0 aromatic carbocycles. The summed E-state index contributed by atoms with van der Waals surface area (Å²) in [5.74, 6) is 6.93. The van der Waals surface area contributed by atoms with Gasteiger partial charge in [-0.15, -0.1) is 0 Å². The van der Waals surface area contributed by atoms with E-state index in [1.54, 1.807) is 5.57 Å². The van der Waals surface area contributed by atoms with Crippen molar-refractivity contribution in [3.05, 3.63) is 107 Å². The van der Waals surface area contributed by atoms with Crippen LogP contribution in [-0.4, -0.2) is 5.11 Å². The molecule has 1 fully saturated rings. The summed E-state index contributed by atoms with van der Waals surface area (Å²) in [4.78, 5) is 0. The topological polar surface area (TPSA) is 20.2 Å². The van der Waals surface area contributed by atoms with Crippen molar-refractivity contribution in [2.24, 2.45) is 59.2 Å². The molecule has 232 valence electrons. The average molecular weight is 587 g/mol. The molecule has 0 heterocycles. The molecular weight excluding hydrogens is 532 g/mol. The largest absolute Gasteiger partial charge is 0.512 e. The minimum absolute atomic E-state index is 0.469. The molecular formula is C43H54O. The third-order valence-electron chi connectivity index (χ3n) is 13.4. The lowest BCUT2D eigenvalue weighted by atomic mass is 9.53. The van der Waals surface area contributed by atoms with Gasteiger partial charge in [0.05, 0.1) is 5.76 Å². The molecule has 1 heteroatoms. The predicted octanol–water partition coefficient (Wildman–Crippen LogP) is 11.5. The predicted molar refractivity (Wildman–Crippen MR) is 184 cm³/mol. The first-order valence-electron chi connectivity index (χ1n) is 18.6. The Balaban J connectivity index is 1.08. The molecule has 0 amide bonds. The summed E-state index contributed by atoms with van der Waals surface area (Å²) < 4.78 is 0. The average Bonchev–Trinajstić information content (AvgIpc) is 3.07. The Bertz CT molecular complexity index is 1400. The first kappa shape index (κ1) is 28.9. The zero-order valence-electron chi connectivity index (χ0n) is 27.0. The van der Waals surface area contributed by atoms with Crippen LogP contribution in [0, 0.1) is 59.2 Å². The van der Waals surface area contributed by atoms with Crippen LogP contribution in [0.2, 0.25) is 0 Å². The number of allylic oxidation sites excluding steroid dienone is 18. The lowest BCUT2D eigenvalue weighted by molar-refractivity contribution is 0.155. The van der Waals surface area contributed by atoms with E-state index in [1.165, 1.54) is 75.4 Å². The number of fused-ring (bicyclic) bond motifs is 3. The summed E-state index contributed by atoms with van der Waals surface area (Å²) in [5, 5.41) is 10.8. The van der Waals surface area contributed by atoms with E-state index in [1.807, 2.05) is 11.1 Å². The van der Waals surface area contributed by atoms with Crippen LogP contribution < -0.4 is 0 Å². The summed E-state index contributed by atoms with van der Waals surface area (Å²) in [6, 6.07) is 0. The Hall–Kier alpha value is -2.54. The summed E-state index contributed by atoms with van der Waals surface area (Å²) in [6.45, 7) is 2.45. The summed E-state index contributed by atoms with van der Waals surface area (Å²) in [6.07, 6.45) is 47.9. The van der Waals surface area contributed by atoms with Gasteiger partial charge in [0.1, 0.15) is 0 Å². The molecule has 1 saturated carbocycles. The highest BCUT2D eigenvalue weighted by Gasteiger charge is 2.47. The number of aliphatic hydroxyl groups is 1. The molecule has 0 aliphatic heterocycles. The normalized spacial score (nSPS) is 41.6. The van der Waals surface area contributed by atoms with E-state index in [-0.39, 0.29) is 0 Å². The second kappa shape index (κ2) is 12.3. The van der Waals surface area contributed by atoms with E-state index < -0.39 is 0 Å². The van der Waals surface area contributed by atoms with Gasteiger partial charge in [-0.05, 0) is 123 Å². The lowest BCUT2D eigenvalue weighted by Crippen LogP contribution is -2.41. The van der Waals surface area contributed by atoms with E-state index in [4.69, 9.17) is 0 Å². The zero-order valence-corrected chi connectivity index (χ0v) is 27.0. The highest BCUT2D eigenvalue weighted by Crippen LogP contribution is 2.57. The number of rotatable bonds is 4. The molecule has 1 N–H and O–H groups in total.